The molecule has 5 heteroatoms. The fourth-order valence-electron chi connectivity index (χ4n) is 3.23. The normalized spacial score (nSPS) is 11.4. The van der Waals surface area contributed by atoms with Gasteiger partial charge in [-0.05, 0) is 64.5 Å². The molecule has 0 aromatic heterocycles. The summed E-state index contributed by atoms with van der Waals surface area (Å²) in [6, 6.07) is 1.70. The molecule has 29 heavy (non-hydrogen) atoms. The van der Waals surface area contributed by atoms with Crippen LogP contribution in [0, 0.1) is 0 Å². The van der Waals surface area contributed by atoms with Crippen LogP contribution in [0.15, 0.2) is 29.4 Å². The van der Waals surface area contributed by atoms with Crippen molar-refractivity contribution in [2.75, 3.05) is 7.05 Å². The molecule has 0 fully saturated rings. The summed E-state index contributed by atoms with van der Waals surface area (Å²) in [4.78, 5) is 12.4. The number of hydrogen-bond donors (Lipinski definition) is 3. The van der Waals surface area contributed by atoms with Crippen LogP contribution in [-0.4, -0.2) is 33.4 Å². The quantitative estimate of drug-likeness (QED) is 0.304. The number of phenolic OH excluding ortho intramolecular Hbond substituents is 2. The maximum Gasteiger partial charge on any atom is 0.407 e. The number of hydrogen-bond acceptors (Lipinski definition) is 3. The van der Waals surface area contributed by atoms with Crippen LogP contribution in [0.3, 0.4) is 0 Å². The lowest BCUT2D eigenvalue weighted by Gasteiger charge is -2.20. The minimum absolute atomic E-state index is 0.0120. The standard InChI is InChI=1S/C24H37NO4/c1-6-7-8-12-19-15-22(26)20(14-13-18(4)11-9-10-17(2)3)23(27)21(19)16-25(5)24(28)29/h10,13,15,26-27H,6-9,11-12,14,16H2,1-5H3,(H,28,29)/b18-13+. The molecule has 1 aromatic carbocycles. The van der Waals surface area contributed by atoms with Crippen molar-refractivity contribution < 1.29 is 20.1 Å². The second kappa shape index (κ2) is 12.2. The number of amides is 1. The SMILES string of the molecule is CCCCCc1cc(O)c(C/C=C(\C)CCC=C(C)C)c(O)c1CN(C)C(=O)O. The van der Waals surface area contributed by atoms with Gasteiger partial charge in [0.25, 0.3) is 0 Å². The van der Waals surface area contributed by atoms with Crippen molar-refractivity contribution in [3.8, 4) is 11.5 Å². The van der Waals surface area contributed by atoms with Gasteiger partial charge in [0.1, 0.15) is 11.5 Å². The van der Waals surface area contributed by atoms with Crippen LogP contribution < -0.4 is 0 Å². The number of unbranched alkanes of at least 4 members (excludes halogenated alkanes) is 2. The summed E-state index contributed by atoms with van der Waals surface area (Å²) in [6.07, 6.45) is 9.22. The fourth-order valence-corrected chi connectivity index (χ4v) is 3.23. The highest BCUT2D eigenvalue weighted by atomic mass is 16.4. The first-order chi connectivity index (χ1) is 13.7. The molecule has 162 valence electrons. The van der Waals surface area contributed by atoms with Gasteiger partial charge in [0, 0.05) is 18.2 Å². The second-order valence-electron chi connectivity index (χ2n) is 8.03. The number of rotatable bonds is 11. The van der Waals surface area contributed by atoms with E-state index in [-0.39, 0.29) is 18.0 Å². The van der Waals surface area contributed by atoms with Gasteiger partial charge >= 0.3 is 6.09 Å². The van der Waals surface area contributed by atoms with E-state index in [1.165, 1.54) is 18.2 Å². The largest absolute Gasteiger partial charge is 0.508 e. The second-order valence-corrected chi connectivity index (χ2v) is 8.03. The Labute approximate surface area is 175 Å². The summed E-state index contributed by atoms with van der Waals surface area (Å²) >= 11 is 0. The number of aromatic hydroxyl groups is 2. The van der Waals surface area contributed by atoms with Gasteiger partial charge in [-0.2, -0.15) is 0 Å². The van der Waals surface area contributed by atoms with E-state index < -0.39 is 6.09 Å². The van der Waals surface area contributed by atoms with Crippen molar-refractivity contribution in [3.05, 3.63) is 46.1 Å². The van der Waals surface area contributed by atoms with E-state index in [1.807, 2.05) is 13.0 Å². The lowest BCUT2D eigenvalue weighted by Crippen LogP contribution is -2.24. The van der Waals surface area contributed by atoms with Crippen molar-refractivity contribution in [2.45, 2.75) is 79.2 Å². The third kappa shape index (κ3) is 8.22. The molecule has 0 atom stereocenters. The monoisotopic (exact) mass is 403 g/mol. The van der Waals surface area contributed by atoms with Crippen molar-refractivity contribution in [3.63, 3.8) is 0 Å². The number of allylic oxidation sites excluding steroid dienone is 4. The van der Waals surface area contributed by atoms with E-state index in [1.54, 1.807) is 6.07 Å². The molecule has 1 aromatic rings. The van der Waals surface area contributed by atoms with Crippen molar-refractivity contribution in [1.29, 1.82) is 0 Å². The molecule has 0 unspecified atom stereocenters. The molecule has 0 saturated carbocycles. The summed E-state index contributed by atoms with van der Waals surface area (Å²) in [5.74, 6) is 0.0852. The highest BCUT2D eigenvalue weighted by Gasteiger charge is 2.19. The first-order valence-electron chi connectivity index (χ1n) is 10.5. The average Bonchev–Trinajstić information content (AvgIpc) is 2.64. The Balaban J connectivity index is 3.14. The maximum absolute atomic E-state index is 11.3. The predicted molar refractivity (Wildman–Crippen MR) is 119 cm³/mol. The summed E-state index contributed by atoms with van der Waals surface area (Å²) < 4.78 is 0. The van der Waals surface area contributed by atoms with Gasteiger partial charge < -0.3 is 20.2 Å². The number of carboxylic acid groups (broad SMARTS) is 1. The number of phenols is 2. The average molecular weight is 404 g/mol. The van der Waals surface area contributed by atoms with Crippen molar-refractivity contribution in [1.82, 2.24) is 4.90 Å². The number of aryl methyl sites for hydroxylation is 1. The topological polar surface area (TPSA) is 81.0 Å². The summed E-state index contributed by atoms with van der Waals surface area (Å²) in [5, 5.41) is 30.7. The van der Waals surface area contributed by atoms with Gasteiger partial charge in [0.05, 0.1) is 6.54 Å². The Kier molecular flexibility index (Phi) is 10.4. The Morgan fingerprint density at radius 1 is 1.10 bits per heavy atom. The number of benzene rings is 1. The predicted octanol–water partition coefficient (Wildman–Crippen LogP) is 6.18. The van der Waals surface area contributed by atoms with E-state index in [0.717, 1.165) is 42.6 Å². The highest BCUT2D eigenvalue weighted by Crippen LogP contribution is 2.36. The van der Waals surface area contributed by atoms with Crippen molar-refractivity contribution >= 4 is 6.09 Å². The van der Waals surface area contributed by atoms with Gasteiger partial charge in [-0.1, -0.05) is 43.1 Å². The minimum atomic E-state index is -1.05. The van der Waals surface area contributed by atoms with E-state index in [4.69, 9.17) is 0 Å². The Morgan fingerprint density at radius 3 is 2.38 bits per heavy atom. The van der Waals surface area contributed by atoms with Crippen LogP contribution in [0.4, 0.5) is 4.79 Å². The van der Waals surface area contributed by atoms with Crippen LogP contribution in [-0.2, 0) is 19.4 Å². The molecule has 0 bridgehead atoms. The molecule has 0 aliphatic heterocycles. The lowest BCUT2D eigenvalue weighted by molar-refractivity contribution is 0.153. The van der Waals surface area contributed by atoms with Gasteiger partial charge in [-0.25, -0.2) is 4.79 Å². The molecule has 1 rings (SSSR count). The third-order valence-electron chi connectivity index (χ3n) is 5.10. The molecule has 0 saturated heterocycles. The van der Waals surface area contributed by atoms with Crippen molar-refractivity contribution in [2.24, 2.45) is 0 Å². The molecule has 1 amide bonds. The molecule has 0 heterocycles. The van der Waals surface area contributed by atoms with E-state index >= 15 is 0 Å². The van der Waals surface area contributed by atoms with E-state index in [0.29, 0.717) is 24.0 Å². The molecule has 0 spiro atoms. The molecular formula is C24H37NO4. The highest BCUT2D eigenvalue weighted by molar-refractivity contribution is 5.65. The van der Waals surface area contributed by atoms with Gasteiger partial charge in [-0.15, -0.1) is 0 Å². The first-order valence-corrected chi connectivity index (χ1v) is 10.5. The molecule has 0 aliphatic rings. The summed E-state index contributed by atoms with van der Waals surface area (Å²) in [7, 11) is 1.48. The lowest BCUT2D eigenvalue weighted by atomic mass is 9.94. The fraction of sp³-hybridized carbons (Fsp3) is 0.542. The van der Waals surface area contributed by atoms with Crippen LogP contribution in [0.25, 0.3) is 0 Å². The molecule has 0 aliphatic carbocycles. The van der Waals surface area contributed by atoms with Gasteiger partial charge in [0.2, 0.25) is 0 Å². The Morgan fingerprint density at radius 2 is 1.79 bits per heavy atom. The van der Waals surface area contributed by atoms with Crippen LogP contribution in [0.1, 0.15) is 76.5 Å². The minimum Gasteiger partial charge on any atom is -0.508 e. The van der Waals surface area contributed by atoms with Gasteiger partial charge in [-0.3, -0.25) is 0 Å². The van der Waals surface area contributed by atoms with E-state index in [9.17, 15) is 20.1 Å². The third-order valence-corrected chi connectivity index (χ3v) is 5.10. The Hall–Kier alpha value is -2.43. The number of nitrogens with zero attached hydrogens (tertiary/aromatic N) is 1. The molecular weight excluding hydrogens is 366 g/mol. The number of carbonyl (C=O) groups is 1. The molecule has 3 N–H and O–H groups in total. The zero-order chi connectivity index (χ0) is 22.0. The van der Waals surface area contributed by atoms with Crippen LogP contribution in [0.5, 0.6) is 11.5 Å². The first kappa shape index (κ1) is 24.6. The van der Waals surface area contributed by atoms with Gasteiger partial charge in [0.15, 0.2) is 0 Å². The summed E-state index contributed by atoms with van der Waals surface area (Å²) in [6.45, 7) is 8.41. The molecule has 5 nitrogen and oxygen atoms in total. The van der Waals surface area contributed by atoms with E-state index in [2.05, 4.69) is 26.8 Å². The smallest absolute Gasteiger partial charge is 0.407 e. The zero-order valence-electron chi connectivity index (χ0n) is 18.6. The Bertz CT molecular complexity index is 746. The van der Waals surface area contributed by atoms with Crippen LogP contribution >= 0.6 is 0 Å². The summed E-state index contributed by atoms with van der Waals surface area (Å²) in [5.41, 5.74) is 4.35. The maximum atomic E-state index is 11.3. The zero-order valence-corrected chi connectivity index (χ0v) is 18.6. The van der Waals surface area contributed by atoms with Crippen LogP contribution in [0.2, 0.25) is 0 Å². The molecule has 0 radical (unpaired) electrons.